The highest BCUT2D eigenvalue weighted by Gasteiger charge is 2.25. The lowest BCUT2D eigenvalue weighted by molar-refractivity contribution is -0.386. The van der Waals surface area contributed by atoms with Gasteiger partial charge in [0.1, 0.15) is 11.4 Å². The Morgan fingerprint density at radius 3 is 2.70 bits per heavy atom. The molecule has 1 aliphatic rings. The zero-order chi connectivity index (χ0) is 14.7. The van der Waals surface area contributed by atoms with Crippen LogP contribution in [0.2, 0.25) is 0 Å². The molecule has 0 saturated heterocycles. The summed E-state index contributed by atoms with van der Waals surface area (Å²) < 4.78 is 1.74. The van der Waals surface area contributed by atoms with E-state index in [1.807, 2.05) is 13.8 Å². The molecule has 0 aromatic carbocycles. The summed E-state index contributed by atoms with van der Waals surface area (Å²) in [5.41, 5.74) is 2.44. The third-order valence-corrected chi connectivity index (χ3v) is 3.54. The summed E-state index contributed by atoms with van der Waals surface area (Å²) in [5.74, 6) is 0. The largest absolute Gasteiger partial charge is 0.313 e. The Morgan fingerprint density at radius 1 is 1.50 bits per heavy atom. The lowest BCUT2D eigenvalue weighted by atomic mass is 10.2. The average molecular weight is 278 g/mol. The van der Waals surface area contributed by atoms with Crippen LogP contribution in [-0.2, 0) is 19.4 Å². The Morgan fingerprint density at radius 2 is 2.20 bits per heavy atom. The molecule has 1 aromatic rings. The highest BCUT2D eigenvalue weighted by Crippen LogP contribution is 2.25. The Hall–Kier alpha value is -1.69. The molecule has 0 aliphatic heterocycles. The van der Waals surface area contributed by atoms with Gasteiger partial charge in [-0.1, -0.05) is 20.4 Å². The van der Waals surface area contributed by atoms with E-state index in [-0.39, 0.29) is 10.6 Å². The molecule has 1 saturated carbocycles. The van der Waals surface area contributed by atoms with Crippen LogP contribution >= 0.6 is 0 Å². The van der Waals surface area contributed by atoms with E-state index in [0.717, 1.165) is 12.1 Å². The molecule has 20 heavy (non-hydrogen) atoms. The first-order valence-corrected chi connectivity index (χ1v) is 7.19. The van der Waals surface area contributed by atoms with Gasteiger partial charge in [0.2, 0.25) is 0 Å². The first-order valence-electron chi connectivity index (χ1n) is 7.19. The third kappa shape index (κ3) is 3.25. The molecule has 0 amide bonds. The zero-order valence-electron chi connectivity index (χ0n) is 12.2. The zero-order valence-corrected chi connectivity index (χ0v) is 12.2. The van der Waals surface area contributed by atoms with Crippen LogP contribution in [0.5, 0.6) is 0 Å². The topological polar surface area (TPSA) is 73.0 Å². The van der Waals surface area contributed by atoms with E-state index in [0.29, 0.717) is 36.8 Å². The predicted molar refractivity (Wildman–Crippen MR) is 77.8 cm³/mol. The van der Waals surface area contributed by atoms with E-state index in [4.69, 9.17) is 0 Å². The van der Waals surface area contributed by atoms with Gasteiger partial charge in [-0.15, -0.1) is 0 Å². The minimum atomic E-state index is -0.313. The highest BCUT2D eigenvalue weighted by molar-refractivity contribution is 5.41. The molecule has 2 rings (SSSR count). The Labute approximate surface area is 119 Å². The van der Waals surface area contributed by atoms with E-state index in [1.165, 1.54) is 12.8 Å². The van der Waals surface area contributed by atoms with Gasteiger partial charge < -0.3 is 5.32 Å². The molecule has 6 nitrogen and oxygen atoms in total. The summed E-state index contributed by atoms with van der Waals surface area (Å²) in [6.45, 7) is 9.15. The fourth-order valence-electron chi connectivity index (χ4n) is 2.32. The van der Waals surface area contributed by atoms with Gasteiger partial charge in [-0.25, -0.2) is 0 Å². The van der Waals surface area contributed by atoms with Crippen molar-refractivity contribution >= 4 is 5.69 Å². The van der Waals surface area contributed by atoms with E-state index in [9.17, 15) is 10.1 Å². The monoisotopic (exact) mass is 278 g/mol. The molecule has 0 radical (unpaired) electrons. The molecule has 1 N–H and O–H groups in total. The quantitative estimate of drug-likeness (QED) is 0.449. The minimum Gasteiger partial charge on any atom is -0.310 e. The highest BCUT2D eigenvalue weighted by atomic mass is 16.6. The number of hydrogen-bond donors (Lipinski definition) is 1. The number of rotatable bonds is 8. The van der Waals surface area contributed by atoms with Gasteiger partial charge >= 0.3 is 5.69 Å². The maximum Gasteiger partial charge on any atom is 0.313 e. The van der Waals surface area contributed by atoms with Crippen LogP contribution in [0.3, 0.4) is 0 Å². The van der Waals surface area contributed by atoms with Gasteiger partial charge in [0, 0.05) is 12.6 Å². The number of nitrogens with zero attached hydrogens (tertiary/aromatic N) is 3. The van der Waals surface area contributed by atoms with Gasteiger partial charge in [-0.3, -0.25) is 14.8 Å². The summed E-state index contributed by atoms with van der Waals surface area (Å²) in [7, 11) is 0. The van der Waals surface area contributed by atoms with Gasteiger partial charge in [0.15, 0.2) is 0 Å². The molecular formula is C14H22N4O2. The lowest BCUT2D eigenvalue weighted by Crippen LogP contribution is -2.21. The van der Waals surface area contributed by atoms with Gasteiger partial charge in [-0.2, -0.15) is 5.10 Å². The number of nitro groups is 1. The summed E-state index contributed by atoms with van der Waals surface area (Å²) in [6.07, 6.45) is 3.65. The summed E-state index contributed by atoms with van der Waals surface area (Å²) in [4.78, 5) is 10.9. The maximum absolute atomic E-state index is 11.2. The molecule has 1 aromatic heterocycles. The number of aromatic nitrogens is 2. The van der Waals surface area contributed by atoms with Crippen molar-refractivity contribution < 1.29 is 4.92 Å². The lowest BCUT2D eigenvalue weighted by Gasteiger charge is -2.09. The summed E-state index contributed by atoms with van der Waals surface area (Å²) in [6, 6.07) is 0.635. The first kappa shape index (κ1) is 14.7. The van der Waals surface area contributed by atoms with E-state index in [2.05, 4.69) is 17.0 Å². The Bertz CT molecular complexity index is 517. The van der Waals surface area contributed by atoms with Crippen LogP contribution in [0.25, 0.3) is 0 Å². The van der Waals surface area contributed by atoms with Crippen molar-refractivity contribution in [1.29, 1.82) is 0 Å². The molecule has 110 valence electrons. The van der Waals surface area contributed by atoms with Crippen molar-refractivity contribution in [2.45, 2.75) is 52.1 Å². The maximum atomic E-state index is 11.2. The SMILES string of the molecule is C=C(CNC1CC1)Cn1nc(CC)c([N+](=O)[O-])c1CC. The molecule has 1 aliphatic carbocycles. The summed E-state index contributed by atoms with van der Waals surface area (Å²) >= 11 is 0. The van der Waals surface area contributed by atoms with E-state index >= 15 is 0 Å². The molecular weight excluding hydrogens is 256 g/mol. The second-order valence-corrected chi connectivity index (χ2v) is 5.27. The van der Waals surface area contributed by atoms with Crippen molar-refractivity contribution in [2.24, 2.45) is 0 Å². The first-order chi connectivity index (χ1) is 9.56. The second kappa shape index (κ2) is 6.17. The van der Waals surface area contributed by atoms with Crippen LogP contribution in [0.1, 0.15) is 38.1 Å². The number of hydrogen-bond acceptors (Lipinski definition) is 4. The van der Waals surface area contributed by atoms with Crippen molar-refractivity contribution in [2.75, 3.05) is 6.54 Å². The third-order valence-electron chi connectivity index (χ3n) is 3.54. The van der Waals surface area contributed by atoms with Crippen molar-refractivity contribution in [3.8, 4) is 0 Å². The fourth-order valence-corrected chi connectivity index (χ4v) is 2.32. The average Bonchev–Trinajstić information content (AvgIpc) is 3.17. The number of nitrogens with one attached hydrogen (secondary N) is 1. The van der Waals surface area contributed by atoms with Crippen molar-refractivity contribution in [1.82, 2.24) is 15.1 Å². The van der Waals surface area contributed by atoms with E-state index in [1.54, 1.807) is 4.68 Å². The van der Waals surface area contributed by atoms with E-state index < -0.39 is 0 Å². The molecule has 6 heteroatoms. The predicted octanol–water partition coefficient (Wildman–Crippen LogP) is 2.22. The van der Waals surface area contributed by atoms with Gasteiger partial charge in [-0.05, 0) is 31.3 Å². The summed E-state index contributed by atoms with van der Waals surface area (Å²) in [5, 5.41) is 19.0. The van der Waals surface area contributed by atoms with Gasteiger partial charge in [0.05, 0.1) is 11.5 Å². The second-order valence-electron chi connectivity index (χ2n) is 5.27. The Balaban J connectivity index is 2.13. The molecule has 0 spiro atoms. The van der Waals surface area contributed by atoms with Crippen LogP contribution in [0, 0.1) is 10.1 Å². The molecule has 0 atom stereocenters. The standard InChI is InChI=1S/C14H22N4O2/c1-4-12-14(18(19)20)13(5-2)17(16-12)9-10(3)8-15-11-6-7-11/h11,15H,3-9H2,1-2H3. The van der Waals surface area contributed by atoms with Crippen LogP contribution < -0.4 is 5.32 Å². The Kier molecular flexibility index (Phi) is 4.54. The number of aryl methyl sites for hydroxylation is 1. The molecule has 0 unspecified atom stereocenters. The molecule has 0 bridgehead atoms. The smallest absolute Gasteiger partial charge is 0.310 e. The molecule has 1 heterocycles. The van der Waals surface area contributed by atoms with Gasteiger partial charge in [0.25, 0.3) is 0 Å². The van der Waals surface area contributed by atoms with Crippen molar-refractivity contribution in [3.63, 3.8) is 0 Å². The minimum absolute atomic E-state index is 0.179. The van der Waals surface area contributed by atoms with Crippen LogP contribution in [0.15, 0.2) is 12.2 Å². The molecule has 1 fully saturated rings. The van der Waals surface area contributed by atoms with Crippen LogP contribution in [0.4, 0.5) is 5.69 Å². The fraction of sp³-hybridized carbons (Fsp3) is 0.643. The normalized spacial score (nSPS) is 14.5. The van der Waals surface area contributed by atoms with Crippen LogP contribution in [-0.4, -0.2) is 27.3 Å². The van der Waals surface area contributed by atoms with Crippen molar-refractivity contribution in [3.05, 3.63) is 33.7 Å².